The summed E-state index contributed by atoms with van der Waals surface area (Å²) in [6, 6.07) is 18.7. The van der Waals surface area contributed by atoms with Crippen LogP contribution in [0.25, 0.3) is 10.8 Å². The average molecular weight is 1840 g/mol. The monoisotopic (exact) mass is 1840 g/mol. The van der Waals surface area contributed by atoms with Crippen LogP contribution < -0.4 is 32.3 Å². The molecular formula is C91H114N10O31. The first-order valence-corrected chi connectivity index (χ1v) is 43.0. The number of aromatic hydroxyl groups is 1. The first kappa shape index (κ1) is 107. The van der Waals surface area contributed by atoms with Crippen molar-refractivity contribution >= 4 is 135 Å². The molecule has 0 unspecified atom stereocenters. The molecule has 0 spiro atoms. The van der Waals surface area contributed by atoms with Crippen LogP contribution in [0.15, 0.2) is 109 Å². The first-order chi connectivity index (χ1) is 62.5. The third kappa shape index (κ3) is 38.5. The van der Waals surface area contributed by atoms with E-state index in [0.717, 1.165) is 35.9 Å². The Morgan fingerprint density at radius 1 is 0.371 bits per heavy atom. The smallest absolute Gasteiger partial charge is 0.335 e. The van der Waals surface area contributed by atoms with Crippen LogP contribution in [0.4, 0.5) is 5.69 Å². The van der Waals surface area contributed by atoms with Gasteiger partial charge in [0.25, 0.3) is 5.91 Å². The van der Waals surface area contributed by atoms with Crippen molar-refractivity contribution in [1.29, 1.82) is 0 Å². The molecule has 0 aromatic heterocycles. The number of carbonyl (C=O) groups excluding carboxylic acids is 10. The number of ketones is 5. The number of hydrogen-bond acceptors (Lipinski definition) is 26. The minimum absolute atomic E-state index is 0.0349. The highest BCUT2D eigenvalue weighted by molar-refractivity contribution is 6.04. The van der Waals surface area contributed by atoms with Gasteiger partial charge in [0.1, 0.15) is 53.0 Å². The van der Waals surface area contributed by atoms with E-state index in [4.69, 9.17) is 10.8 Å². The van der Waals surface area contributed by atoms with Crippen molar-refractivity contribution in [2.24, 2.45) is 23.7 Å². The van der Waals surface area contributed by atoms with Crippen molar-refractivity contribution in [3.63, 3.8) is 0 Å². The summed E-state index contributed by atoms with van der Waals surface area (Å²) in [6.45, 7) is -0.653. The van der Waals surface area contributed by atoms with Crippen LogP contribution in [-0.4, -0.2) is 303 Å². The van der Waals surface area contributed by atoms with Crippen molar-refractivity contribution in [3.05, 3.63) is 143 Å². The highest BCUT2D eigenvalue weighted by Gasteiger charge is 2.37. The number of anilines is 1. The molecule has 41 nitrogen and oxygen atoms in total. The molecule has 0 saturated carbocycles. The summed E-state index contributed by atoms with van der Waals surface area (Å²) in [6.07, 6.45) is -7.33. The Morgan fingerprint density at radius 3 is 1.37 bits per heavy atom. The third-order valence-corrected chi connectivity index (χ3v) is 22.6. The molecule has 0 radical (unpaired) electrons. The van der Waals surface area contributed by atoms with Gasteiger partial charge in [-0.2, -0.15) is 0 Å². The second-order valence-electron chi connectivity index (χ2n) is 32.8. The van der Waals surface area contributed by atoms with Gasteiger partial charge in [-0.05, 0) is 147 Å². The number of unbranched alkanes of at least 4 members (excludes halogenated alkanes) is 2. The summed E-state index contributed by atoms with van der Waals surface area (Å²) < 4.78 is 0. The Hall–Kier alpha value is -13.8. The fourth-order valence-corrected chi connectivity index (χ4v) is 15.3. The van der Waals surface area contributed by atoms with Gasteiger partial charge in [-0.1, -0.05) is 73.2 Å². The number of fused-ring (bicyclic) bond motifs is 1. The van der Waals surface area contributed by atoms with Crippen LogP contribution in [0, 0.1) is 23.7 Å². The minimum Gasteiger partial charge on any atom is -0.508 e. The predicted molar refractivity (Wildman–Crippen MR) is 468 cm³/mol. The summed E-state index contributed by atoms with van der Waals surface area (Å²) >= 11 is 0. The molecule has 1 saturated heterocycles. The number of phenolic OH excluding ortho intramolecular Hbond substituents is 1. The molecule has 1 fully saturated rings. The number of hydrogen-bond donors (Lipinski definition) is 17. The molecule has 1 heterocycles. The average Bonchev–Trinajstić information content (AvgIpc) is 0.829. The van der Waals surface area contributed by atoms with Gasteiger partial charge < -0.3 is 88.5 Å². The van der Waals surface area contributed by atoms with E-state index in [1.807, 2.05) is 6.07 Å². The Morgan fingerprint density at radius 2 is 0.841 bits per heavy atom. The van der Waals surface area contributed by atoms with Crippen LogP contribution in [0.5, 0.6) is 5.75 Å². The topological polar surface area (TPSA) is 663 Å². The standard InChI is InChI=1S/C91H114N10O31/c1-53(102)58(20-28-78(109)110)45-70(106)46-60(86(121)122)19-27-77(108)94-71(89(127)128)11-5-4-10-68(104)49-74(97-84(119)63-42-64(87(123)124)44-65(43-63)88(125)126)85(120)93-29-7-6-12-72(90(129)130)95-83(118)62(40-56-13-18-57-8-2-3-9-59(57)39-56)48-76(107)73(41-55-16-23-67(103)24-17-55)96-82(117)61(38-54-14-21-66(92)22-15-54)47-69(105)25-26-75(91(131)132)101-36-34-99(51-80(113)114)32-30-98(50-79(111)112)31-33-100(35-37-101)52-81(115)116/h2-3,8-9,13-18,21-24,39,42-44,58,60-62,71-75,103H,4-7,10-12,19-20,25-38,40-41,45-52,92H2,1H3,(H,93,120)(H,94,108)(H,95,118)(H,96,117)(H,97,119)(H,109,110)(H,111,112)(H,113,114)(H,115,116)(H,121,122)(H,123,124)(H,125,126)(H,127,128)(H,129,130)(H,131,132)/t58-,60-,61-,62+,71-,72-,73-,74-,75-/m1/s1. The number of nitrogens with zero attached hydrogens (tertiary/aromatic N) is 4. The van der Waals surface area contributed by atoms with Crippen LogP contribution in [0.1, 0.15) is 170 Å². The number of nitrogens with two attached hydrogens (primary N) is 1. The van der Waals surface area contributed by atoms with E-state index in [2.05, 4.69) is 26.6 Å². The molecule has 714 valence electrons. The minimum atomic E-state index is -1.78. The maximum Gasteiger partial charge on any atom is 0.335 e. The zero-order valence-electron chi connectivity index (χ0n) is 72.9. The van der Waals surface area contributed by atoms with Crippen molar-refractivity contribution < 1.29 is 152 Å². The fraction of sp³-hybridized carbons (Fsp3) is 0.473. The molecule has 9 atom stereocenters. The number of amides is 5. The quantitative estimate of drug-likeness (QED) is 0.0195. The molecular weight excluding hydrogens is 1730 g/mol. The van der Waals surface area contributed by atoms with Crippen molar-refractivity contribution in [3.8, 4) is 5.75 Å². The zero-order valence-corrected chi connectivity index (χ0v) is 72.9. The van der Waals surface area contributed by atoms with E-state index in [0.29, 0.717) is 22.4 Å². The molecule has 5 amide bonds. The van der Waals surface area contributed by atoms with E-state index in [-0.39, 0.29) is 142 Å². The number of carbonyl (C=O) groups is 20. The number of carboxylic acids is 10. The first-order valence-electron chi connectivity index (χ1n) is 43.0. The number of carboxylic acid groups (broad SMARTS) is 10. The lowest BCUT2D eigenvalue weighted by Crippen LogP contribution is -2.52. The van der Waals surface area contributed by atoms with Gasteiger partial charge in [-0.3, -0.25) is 96.3 Å². The summed E-state index contributed by atoms with van der Waals surface area (Å²) in [4.78, 5) is 267. The molecule has 132 heavy (non-hydrogen) atoms. The predicted octanol–water partition coefficient (Wildman–Crippen LogP) is 3.54. The number of benzene rings is 5. The van der Waals surface area contributed by atoms with Gasteiger partial charge in [0.05, 0.1) is 42.7 Å². The van der Waals surface area contributed by atoms with E-state index < -0.39 is 266 Å². The number of Topliss-reactive ketones (excluding diaryl/α,β-unsaturated/α-hetero) is 5. The van der Waals surface area contributed by atoms with Gasteiger partial charge in [0.2, 0.25) is 23.6 Å². The fourth-order valence-electron chi connectivity index (χ4n) is 15.3. The van der Waals surface area contributed by atoms with Crippen molar-refractivity contribution in [2.45, 2.75) is 172 Å². The van der Waals surface area contributed by atoms with Crippen molar-refractivity contribution in [2.75, 3.05) is 84.3 Å². The SMILES string of the molecule is CC(=O)[C@H](CCC(=O)O)CC(=O)C[C@@H](CCC(=O)N[C@H](CCCCC(=O)C[C@@H](NC(=O)c1cc(C(=O)O)cc(C(=O)O)c1)C(=O)NCCCC[C@@H](NC(=O)[C@H](CC(=O)[C@@H](Cc1ccc(O)cc1)NC(=O)[C@@H](CC(=O)CC[C@H](C(=O)O)N1CCN(CC(=O)O)CCN(CC(=O)O)CCN(CC(=O)O)CC1)Cc1ccc(N)cc1)Cc1ccc2ccccc2c1)C(=O)O)C(=O)O)C(=O)O. The number of aromatic carboxylic acids is 2. The van der Waals surface area contributed by atoms with Gasteiger partial charge in [-0.15, -0.1) is 0 Å². The lowest BCUT2D eigenvalue weighted by molar-refractivity contribution is -0.145. The maximum absolute atomic E-state index is 15.3. The van der Waals surface area contributed by atoms with E-state index in [9.17, 15) is 137 Å². The van der Waals surface area contributed by atoms with Crippen LogP contribution in [0.3, 0.4) is 0 Å². The number of rotatable bonds is 58. The maximum atomic E-state index is 15.3. The Bertz CT molecular complexity index is 4900. The largest absolute Gasteiger partial charge is 0.508 e. The van der Waals surface area contributed by atoms with Crippen LogP contribution in [0.2, 0.25) is 0 Å². The molecule has 0 bridgehead atoms. The second kappa shape index (κ2) is 54.0. The normalized spacial score (nSPS) is 15.0. The zero-order chi connectivity index (χ0) is 97.4. The molecule has 18 N–H and O–H groups in total. The van der Waals surface area contributed by atoms with Gasteiger partial charge in [0, 0.05) is 146 Å². The Labute approximate surface area is 757 Å². The third-order valence-electron chi connectivity index (χ3n) is 22.6. The Kier molecular flexibility index (Phi) is 43.8. The van der Waals surface area contributed by atoms with Crippen LogP contribution >= 0.6 is 0 Å². The number of nitrogens with one attached hydrogen (secondary N) is 5. The Balaban J connectivity index is 1.18. The van der Waals surface area contributed by atoms with Gasteiger partial charge in [0.15, 0.2) is 5.78 Å². The number of phenols is 1. The van der Waals surface area contributed by atoms with Crippen LogP contribution in [-0.2, 0) is 101 Å². The molecule has 0 aliphatic carbocycles. The van der Waals surface area contributed by atoms with Gasteiger partial charge in [-0.25, -0.2) is 19.2 Å². The highest BCUT2D eigenvalue weighted by Crippen LogP contribution is 2.27. The lowest BCUT2D eigenvalue weighted by Gasteiger charge is -2.35. The second-order valence-corrected chi connectivity index (χ2v) is 32.8. The summed E-state index contributed by atoms with van der Waals surface area (Å²) in [5, 5.41) is 123. The lowest BCUT2D eigenvalue weighted by atomic mass is 9.87. The molecule has 41 heteroatoms. The van der Waals surface area contributed by atoms with E-state index in [1.165, 1.54) is 43.9 Å². The molecule has 6 rings (SSSR count). The number of aliphatic carboxylic acids is 8. The van der Waals surface area contributed by atoms with E-state index in [1.54, 1.807) is 60.7 Å². The molecule has 5 aromatic carbocycles. The number of nitrogen functional groups attached to an aromatic ring is 1. The van der Waals surface area contributed by atoms with E-state index >= 15 is 9.59 Å². The van der Waals surface area contributed by atoms with Gasteiger partial charge >= 0.3 is 59.7 Å². The molecule has 1 aliphatic rings. The highest BCUT2D eigenvalue weighted by atomic mass is 16.4. The summed E-state index contributed by atoms with van der Waals surface area (Å²) in [5.74, 6) is -27.4. The summed E-state index contributed by atoms with van der Waals surface area (Å²) in [5.41, 5.74) is 5.97. The summed E-state index contributed by atoms with van der Waals surface area (Å²) in [7, 11) is 0. The van der Waals surface area contributed by atoms with Crippen molar-refractivity contribution in [1.82, 2.24) is 46.2 Å². The molecule has 1 aliphatic heterocycles. The molecule has 5 aromatic rings.